The molecule has 2 atom stereocenters. The third kappa shape index (κ3) is 3.78. The molecule has 2 heterocycles. The number of hydrogen-bond donors (Lipinski definition) is 1. The number of rotatable bonds is 1. The van der Waals surface area contributed by atoms with Gasteiger partial charge < -0.3 is 10.2 Å². The molecule has 0 bridgehead atoms. The fraction of sp³-hybridized carbons (Fsp3) is 0.588. The summed E-state index contributed by atoms with van der Waals surface area (Å²) in [6.07, 6.45) is 4.39. The van der Waals surface area contributed by atoms with E-state index in [0.29, 0.717) is 5.91 Å². The number of nitrogens with one attached hydrogen (secondary N) is 1. The van der Waals surface area contributed by atoms with Gasteiger partial charge in [0, 0.05) is 19.6 Å². The van der Waals surface area contributed by atoms with Crippen molar-refractivity contribution in [2.45, 2.75) is 45.2 Å². The third-order valence-electron chi connectivity index (χ3n) is 4.71. The minimum Gasteiger partial charge on any atom is -0.341 e. The van der Waals surface area contributed by atoms with Gasteiger partial charge in [-0.25, -0.2) is 0 Å². The molecule has 1 saturated heterocycles. The van der Waals surface area contributed by atoms with Crippen molar-refractivity contribution in [3.05, 3.63) is 35.4 Å². The van der Waals surface area contributed by atoms with Gasteiger partial charge in [-0.15, -0.1) is 12.4 Å². The summed E-state index contributed by atoms with van der Waals surface area (Å²) in [5.74, 6) is 1.06. The monoisotopic (exact) mass is 308 g/mol. The van der Waals surface area contributed by atoms with E-state index in [1.165, 1.54) is 17.5 Å². The van der Waals surface area contributed by atoms with Crippen molar-refractivity contribution in [1.29, 1.82) is 0 Å². The molecule has 1 N–H and O–H groups in total. The Labute approximate surface area is 133 Å². The van der Waals surface area contributed by atoms with Gasteiger partial charge in [0.05, 0.1) is 6.04 Å². The standard InChI is InChI=1S/C17H24N2O.ClH/c1-13-5-4-9-19(10-8-13)17(20)16-11-14-6-2-3-7-15(14)12-18-16;/h2-3,6-7,13,16,18H,4-5,8-12H2,1H3;1H. The molecule has 0 saturated carbocycles. The molecule has 0 radical (unpaired) electrons. The lowest BCUT2D eigenvalue weighted by Crippen LogP contribution is -2.49. The lowest BCUT2D eigenvalue weighted by atomic mass is 9.95. The van der Waals surface area contributed by atoms with Gasteiger partial charge in [0.15, 0.2) is 0 Å². The number of hydrogen-bond acceptors (Lipinski definition) is 2. The maximum Gasteiger partial charge on any atom is 0.240 e. The second-order valence-corrected chi connectivity index (χ2v) is 6.27. The lowest BCUT2D eigenvalue weighted by Gasteiger charge is -2.30. The van der Waals surface area contributed by atoms with Gasteiger partial charge in [0.25, 0.3) is 0 Å². The van der Waals surface area contributed by atoms with Gasteiger partial charge in [0.1, 0.15) is 0 Å². The van der Waals surface area contributed by atoms with E-state index in [0.717, 1.165) is 44.8 Å². The molecule has 2 aliphatic rings. The highest BCUT2D eigenvalue weighted by atomic mass is 35.5. The summed E-state index contributed by atoms with van der Waals surface area (Å²) in [6, 6.07) is 8.41. The number of likely N-dealkylation sites (tertiary alicyclic amines) is 1. The van der Waals surface area contributed by atoms with Gasteiger partial charge in [-0.05, 0) is 42.7 Å². The van der Waals surface area contributed by atoms with Crippen LogP contribution in [0, 0.1) is 5.92 Å². The molecule has 2 unspecified atom stereocenters. The Kier molecular flexibility index (Phi) is 5.65. The second-order valence-electron chi connectivity index (χ2n) is 6.27. The second kappa shape index (κ2) is 7.28. The Morgan fingerprint density at radius 3 is 2.76 bits per heavy atom. The maximum absolute atomic E-state index is 12.7. The van der Waals surface area contributed by atoms with Gasteiger partial charge in [-0.1, -0.05) is 31.2 Å². The van der Waals surface area contributed by atoms with Crippen molar-refractivity contribution in [2.75, 3.05) is 13.1 Å². The van der Waals surface area contributed by atoms with Gasteiger partial charge >= 0.3 is 0 Å². The molecule has 1 aromatic carbocycles. The first-order valence-electron chi connectivity index (χ1n) is 7.83. The summed E-state index contributed by atoms with van der Waals surface area (Å²) in [6.45, 7) is 4.97. The first-order valence-corrected chi connectivity index (χ1v) is 7.83. The fourth-order valence-electron chi connectivity index (χ4n) is 3.33. The molecular weight excluding hydrogens is 284 g/mol. The molecule has 2 aliphatic heterocycles. The zero-order valence-electron chi connectivity index (χ0n) is 12.7. The molecule has 1 fully saturated rings. The lowest BCUT2D eigenvalue weighted by molar-refractivity contribution is -0.133. The first-order chi connectivity index (χ1) is 9.74. The SMILES string of the molecule is CC1CCCN(C(=O)C2Cc3ccccc3CN2)CC1.Cl. The van der Waals surface area contributed by atoms with E-state index in [2.05, 4.69) is 41.4 Å². The van der Waals surface area contributed by atoms with Crippen molar-refractivity contribution in [3.63, 3.8) is 0 Å². The van der Waals surface area contributed by atoms with Crippen LogP contribution in [-0.2, 0) is 17.8 Å². The van der Waals surface area contributed by atoms with Crippen LogP contribution < -0.4 is 5.32 Å². The molecule has 116 valence electrons. The Hall–Kier alpha value is -1.06. The smallest absolute Gasteiger partial charge is 0.240 e. The maximum atomic E-state index is 12.7. The quantitative estimate of drug-likeness (QED) is 0.865. The van der Waals surface area contributed by atoms with Gasteiger partial charge in [-0.2, -0.15) is 0 Å². The topological polar surface area (TPSA) is 32.3 Å². The van der Waals surface area contributed by atoms with Gasteiger partial charge in [0.2, 0.25) is 5.91 Å². The number of fused-ring (bicyclic) bond motifs is 1. The molecule has 0 aromatic heterocycles. The highest BCUT2D eigenvalue weighted by molar-refractivity contribution is 5.85. The minimum atomic E-state index is -0.0293. The van der Waals surface area contributed by atoms with E-state index < -0.39 is 0 Å². The summed E-state index contributed by atoms with van der Waals surface area (Å²) >= 11 is 0. The number of carbonyl (C=O) groups excluding carboxylic acids is 1. The molecule has 21 heavy (non-hydrogen) atoms. The highest BCUT2D eigenvalue weighted by Crippen LogP contribution is 2.20. The zero-order chi connectivity index (χ0) is 13.9. The molecule has 1 aromatic rings. The zero-order valence-corrected chi connectivity index (χ0v) is 13.5. The van der Waals surface area contributed by atoms with Crippen LogP contribution in [0.3, 0.4) is 0 Å². The van der Waals surface area contributed by atoms with Crippen molar-refractivity contribution in [1.82, 2.24) is 10.2 Å². The number of nitrogens with zero attached hydrogens (tertiary/aromatic N) is 1. The summed E-state index contributed by atoms with van der Waals surface area (Å²) in [5.41, 5.74) is 2.66. The average molecular weight is 309 g/mol. The molecule has 0 aliphatic carbocycles. The predicted molar refractivity (Wildman–Crippen MR) is 87.6 cm³/mol. The van der Waals surface area contributed by atoms with Gasteiger partial charge in [-0.3, -0.25) is 4.79 Å². The summed E-state index contributed by atoms with van der Waals surface area (Å²) < 4.78 is 0. The van der Waals surface area contributed by atoms with E-state index in [1.807, 2.05) is 0 Å². The Balaban J connectivity index is 0.00000161. The normalized spacial score (nSPS) is 25.5. The van der Waals surface area contributed by atoms with Crippen LogP contribution in [0.4, 0.5) is 0 Å². The van der Waals surface area contributed by atoms with Crippen molar-refractivity contribution < 1.29 is 4.79 Å². The summed E-state index contributed by atoms with van der Waals surface area (Å²) in [5, 5.41) is 3.41. The van der Waals surface area contributed by atoms with Crippen LogP contribution in [-0.4, -0.2) is 29.9 Å². The number of carbonyl (C=O) groups is 1. The molecular formula is C17H25ClN2O. The van der Waals surface area contributed by atoms with Crippen LogP contribution in [0.25, 0.3) is 0 Å². The first kappa shape index (κ1) is 16.3. The Morgan fingerprint density at radius 1 is 1.19 bits per heavy atom. The highest BCUT2D eigenvalue weighted by Gasteiger charge is 2.28. The molecule has 0 spiro atoms. The number of benzene rings is 1. The fourth-order valence-corrected chi connectivity index (χ4v) is 3.33. The van der Waals surface area contributed by atoms with Crippen LogP contribution in [0.5, 0.6) is 0 Å². The van der Waals surface area contributed by atoms with Crippen LogP contribution in [0.2, 0.25) is 0 Å². The van der Waals surface area contributed by atoms with E-state index >= 15 is 0 Å². The largest absolute Gasteiger partial charge is 0.341 e. The predicted octanol–water partition coefficient (Wildman–Crippen LogP) is 2.77. The number of halogens is 1. The van der Waals surface area contributed by atoms with Crippen LogP contribution in [0.15, 0.2) is 24.3 Å². The van der Waals surface area contributed by atoms with Crippen LogP contribution in [0.1, 0.15) is 37.3 Å². The molecule has 1 amide bonds. The van der Waals surface area contributed by atoms with Crippen molar-refractivity contribution >= 4 is 18.3 Å². The molecule has 3 nitrogen and oxygen atoms in total. The van der Waals surface area contributed by atoms with E-state index in [9.17, 15) is 4.79 Å². The van der Waals surface area contributed by atoms with E-state index in [4.69, 9.17) is 0 Å². The van der Waals surface area contributed by atoms with Crippen molar-refractivity contribution in [3.8, 4) is 0 Å². The Bertz CT molecular complexity index is 491. The van der Waals surface area contributed by atoms with E-state index in [1.54, 1.807) is 0 Å². The van der Waals surface area contributed by atoms with Crippen LogP contribution >= 0.6 is 12.4 Å². The third-order valence-corrected chi connectivity index (χ3v) is 4.71. The summed E-state index contributed by atoms with van der Waals surface area (Å²) in [4.78, 5) is 14.8. The number of amides is 1. The summed E-state index contributed by atoms with van der Waals surface area (Å²) in [7, 11) is 0. The minimum absolute atomic E-state index is 0. The molecule has 4 heteroatoms. The van der Waals surface area contributed by atoms with Crippen molar-refractivity contribution in [2.24, 2.45) is 5.92 Å². The van der Waals surface area contributed by atoms with E-state index in [-0.39, 0.29) is 18.4 Å². The molecule has 3 rings (SSSR count). The average Bonchev–Trinajstić information content (AvgIpc) is 2.71. The Morgan fingerprint density at radius 2 is 1.95 bits per heavy atom.